The summed E-state index contributed by atoms with van der Waals surface area (Å²) in [5.41, 5.74) is 3.41. The van der Waals surface area contributed by atoms with Gasteiger partial charge in [0.2, 0.25) is 10.0 Å². The largest absolute Gasteiger partial charge is 0.373 e. The predicted molar refractivity (Wildman–Crippen MR) is 99.3 cm³/mol. The molecule has 3 heterocycles. The van der Waals surface area contributed by atoms with Crippen LogP contribution in [0.3, 0.4) is 0 Å². The second-order valence-corrected chi connectivity index (χ2v) is 8.80. The van der Waals surface area contributed by atoms with E-state index < -0.39 is 10.0 Å². The van der Waals surface area contributed by atoms with E-state index in [0.29, 0.717) is 37.7 Å². The molecule has 1 aromatic carbocycles. The van der Waals surface area contributed by atoms with Crippen molar-refractivity contribution < 1.29 is 17.9 Å². The first-order valence-electron chi connectivity index (χ1n) is 8.89. The fraction of sp³-hybridized carbons (Fsp3) is 0.400. The molecule has 0 fully saturated rings. The molecule has 1 aromatic rings. The maximum Gasteiger partial charge on any atom is 0.243 e. The van der Waals surface area contributed by atoms with E-state index in [-0.39, 0.29) is 12.1 Å². The van der Waals surface area contributed by atoms with E-state index in [4.69, 9.17) is 9.47 Å². The summed E-state index contributed by atoms with van der Waals surface area (Å²) in [6, 6.07) is 6.83. The lowest BCUT2D eigenvalue weighted by Gasteiger charge is -2.25. The average Bonchev–Trinajstić information content (AvgIpc) is 3.37. The third-order valence-corrected chi connectivity index (χ3v) is 6.98. The summed E-state index contributed by atoms with van der Waals surface area (Å²) in [7, 11) is -3.51. The van der Waals surface area contributed by atoms with Gasteiger partial charge in [-0.1, -0.05) is 35.9 Å². The van der Waals surface area contributed by atoms with Gasteiger partial charge in [0, 0.05) is 12.6 Å². The van der Waals surface area contributed by atoms with Crippen LogP contribution in [-0.4, -0.2) is 51.2 Å². The second kappa shape index (κ2) is 7.12. The standard InChI is InChI=1S/C20H23NO4S/c1-15-4-6-20(7-5-15)26(22,23)21-9-2-3-18(21)12-19-11-17(14-25-19)16-8-10-24-13-16/h2-8,11,18-19H,9-10,12-14H2,1H3/t18-,19+/m1/s1. The molecule has 0 bridgehead atoms. The molecule has 0 N–H and O–H groups in total. The highest BCUT2D eigenvalue weighted by atomic mass is 32.2. The van der Waals surface area contributed by atoms with Crippen LogP contribution in [0.15, 0.2) is 64.6 Å². The molecule has 6 heteroatoms. The number of benzene rings is 1. The van der Waals surface area contributed by atoms with E-state index in [1.807, 2.05) is 31.2 Å². The van der Waals surface area contributed by atoms with Crippen LogP contribution in [-0.2, 0) is 19.5 Å². The van der Waals surface area contributed by atoms with E-state index in [1.165, 1.54) is 11.1 Å². The van der Waals surface area contributed by atoms with Crippen LogP contribution in [0.5, 0.6) is 0 Å². The van der Waals surface area contributed by atoms with Crippen molar-refractivity contribution in [1.29, 1.82) is 0 Å². The van der Waals surface area contributed by atoms with Gasteiger partial charge >= 0.3 is 0 Å². The van der Waals surface area contributed by atoms with Crippen LogP contribution < -0.4 is 0 Å². The Labute approximate surface area is 154 Å². The third-order valence-electron chi connectivity index (χ3n) is 5.07. The van der Waals surface area contributed by atoms with Crippen molar-refractivity contribution in [2.24, 2.45) is 0 Å². The highest BCUT2D eigenvalue weighted by molar-refractivity contribution is 7.89. The predicted octanol–water partition coefficient (Wildman–Crippen LogP) is 2.60. The highest BCUT2D eigenvalue weighted by Gasteiger charge is 2.34. The Morgan fingerprint density at radius 2 is 1.96 bits per heavy atom. The van der Waals surface area contributed by atoms with Crippen LogP contribution in [0.2, 0.25) is 0 Å². The Morgan fingerprint density at radius 1 is 1.15 bits per heavy atom. The van der Waals surface area contributed by atoms with Crippen LogP contribution in [0.4, 0.5) is 0 Å². The SMILES string of the molecule is Cc1ccc(S(=O)(=O)N2CC=C[C@@H]2C[C@@H]2C=C(C3=CCOC3)CO2)cc1. The van der Waals surface area contributed by atoms with Crippen molar-refractivity contribution in [2.45, 2.75) is 30.4 Å². The Kier molecular flexibility index (Phi) is 4.84. The van der Waals surface area contributed by atoms with Gasteiger partial charge in [0.1, 0.15) is 0 Å². The van der Waals surface area contributed by atoms with Crippen molar-refractivity contribution >= 4 is 10.0 Å². The van der Waals surface area contributed by atoms with Crippen molar-refractivity contribution in [3.63, 3.8) is 0 Å². The number of sulfonamides is 1. The first kappa shape index (κ1) is 17.7. The molecule has 5 nitrogen and oxygen atoms in total. The van der Waals surface area contributed by atoms with Crippen LogP contribution in [0, 0.1) is 6.92 Å². The Morgan fingerprint density at radius 3 is 2.69 bits per heavy atom. The van der Waals surface area contributed by atoms with Crippen molar-refractivity contribution in [1.82, 2.24) is 4.31 Å². The van der Waals surface area contributed by atoms with Crippen molar-refractivity contribution in [2.75, 3.05) is 26.4 Å². The van der Waals surface area contributed by atoms with E-state index in [2.05, 4.69) is 12.2 Å². The Balaban J connectivity index is 1.48. The van der Waals surface area contributed by atoms with Crippen LogP contribution in [0.25, 0.3) is 0 Å². The molecule has 138 valence electrons. The number of ether oxygens (including phenoxy) is 2. The minimum absolute atomic E-state index is 0.0741. The second-order valence-electron chi connectivity index (χ2n) is 6.90. The van der Waals surface area contributed by atoms with Gasteiger partial charge in [-0.2, -0.15) is 4.31 Å². The molecule has 3 aliphatic heterocycles. The molecule has 0 aromatic heterocycles. The zero-order valence-electron chi connectivity index (χ0n) is 14.8. The average molecular weight is 373 g/mol. The molecule has 0 spiro atoms. The van der Waals surface area contributed by atoms with Crippen molar-refractivity contribution in [3.05, 3.63) is 65.3 Å². The Bertz CT molecular complexity index is 868. The van der Waals surface area contributed by atoms with E-state index in [9.17, 15) is 8.42 Å². The van der Waals surface area contributed by atoms with Gasteiger partial charge < -0.3 is 9.47 Å². The van der Waals surface area contributed by atoms with Crippen LogP contribution in [0.1, 0.15) is 12.0 Å². The third kappa shape index (κ3) is 3.42. The lowest BCUT2D eigenvalue weighted by molar-refractivity contribution is 0.108. The summed E-state index contributed by atoms with van der Waals surface area (Å²) in [6.45, 7) is 4.22. The van der Waals surface area contributed by atoms with Gasteiger partial charge in [-0.15, -0.1) is 0 Å². The molecule has 0 saturated carbocycles. The van der Waals surface area contributed by atoms with E-state index >= 15 is 0 Å². The van der Waals surface area contributed by atoms with Gasteiger partial charge in [-0.05, 0) is 42.7 Å². The zero-order chi connectivity index (χ0) is 18.1. The minimum atomic E-state index is -3.51. The molecule has 0 unspecified atom stereocenters. The summed E-state index contributed by atoms with van der Waals surface area (Å²) in [5.74, 6) is 0. The normalized spacial score (nSPS) is 26.3. The van der Waals surface area contributed by atoms with Gasteiger partial charge in [0.05, 0.1) is 30.8 Å². The molecule has 3 aliphatic rings. The summed E-state index contributed by atoms with van der Waals surface area (Å²) >= 11 is 0. The molecular weight excluding hydrogens is 350 g/mol. The van der Waals surface area contributed by atoms with E-state index in [0.717, 1.165) is 5.56 Å². The Hall–Kier alpha value is -1.73. The molecule has 4 rings (SSSR count). The smallest absolute Gasteiger partial charge is 0.243 e. The fourth-order valence-corrected chi connectivity index (χ4v) is 5.12. The molecular formula is C20H23NO4S. The minimum Gasteiger partial charge on any atom is -0.373 e. The molecule has 0 amide bonds. The van der Waals surface area contributed by atoms with Gasteiger partial charge in [0.25, 0.3) is 0 Å². The van der Waals surface area contributed by atoms with Crippen molar-refractivity contribution in [3.8, 4) is 0 Å². The number of aryl methyl sites for hydroxylation is 1. The maximum atomic E-state index is 13.0. The number of hydrogen-bond donors (Lipinski definition) is 0. The number of nitrogens with zero attached hydrogens (tertiary/aromatic N) is 1. The van der Waals surface area contributed by atoms with Gasteiger partial charge in [-0.25, -0.2) is 8.42 Å². The molecule has 0 aliphatic carbocycles. The summed E-state index contributed by atoms with van der Waals surface area (Å²) in [6.07, 6.45) is 8.64. The lowest BCUT2D eigenvalue weighted by atomic mass is 10.1. The maximum absolute atomic E-state index is 13.0. The monoisotopic (exact) mass is 373 g/mol. The quantitative estimate of drug-likeness (QED) is 0.745. The lowest BCUT2D eigenvalue weighted by Crippen LogP contribution is -2.37. The van der Waals surface area contributed by atoms with E-state index in [1.54, 1.807) is 16.4 Å². The first-order valence-corrected chi connectivity index (χ1v) is 10.3. The number of hydrogen-bond acceptors (Lipinski definition) is 4. The summed E-state index contributed by atoms with van der Waals surface area (Å²) in [5, 5.41) is 0. The van der Waals surface area contributed by atoms with Crippen LogP contribution >= 0.6 is 0 Å². The summed E-state index contributed by atoms with van der Waals surface area (Å²) in [4.78, 5) is 0.341. The van der Waals surface area contributed by atoms with Gasteiger partial charge in [0.15, 0.2) is 0 Å². The number of rotatable bonds is 5. The zero-order valence-corrected chi connectivity index (χ0v) is 15.6. The first-order chi connectivity index (χ1) is 12.5. The molecule has 2 atom stereocenters. The molecule has 0 saturated heterocycles. The topological polar surface area (TPSA) is 55.8 Å². The van der Waals surface area contributed by atoms with Gasteiger partial charge in [-0.3, -0.25) is 0 Å². The summed E-state index contributed by atoms with van der Waals surface area (Å²) < 4.78 is 38.8. The fourth-order valence-electron chi connectivity index (χ4n) is 3.57. The molecule has 0 radical (unpaired) electrons. The molecule has 26 heavy (non-hydrogen) atoms. The highest BCUT2D eigenvalue weighted by Crippen LogP contribution is 2.29.